The van der Waals surface area contributed by atoms with Gasteiger partial charge in [-0.2, -0.15) is 0 Å². The summed E-state index contributed by atoms with van der Waals surface area (Å²) in [6, 6.07) is 6.48. The number of piperidine rings is 1. The summed E-state index contributed by atoms with van der Waals surface area (Å²) < 4.78 is 5.07. The summed E-state index contributed by atoms with van der Waals surface area (Å²) in [4.78, 5) is 37.8. The molecule has 1 aromatic rings. The Bertz CT molecular complexity index is 633. The minimum Gasteiger partial charge on any atom is -0.383 e. The van der Waals surface area contributed by atoms with E-state index in [-0.39, 0.29) is 11.8 Å². The Morgan fingerprint density at radius 3 is 2.80 bits per heavy atom. The summed E-state index contributed by atoms with van der Waals surface area (Å²) in [5, 5.41) is 5.32. The summed E-state index contributed by atoms with van der Waals surface area (Å²) in [6.45, 7) is 4.59. The van der Waals surface area contributed by atoms with E-state index in [2.05, 4.69) is 15.5 Å². The number of carbonyl (C=O) groups is 3. The summed E-state index contributed by atoms with van der Waals surface area (Å²) in [5.74, 6) is -1.49. The van der Waals surface area contributed by atoms with Gasteiger partial charge in [0.25, 0.3) is 0 Å². The zero-order valence-electron chi connectivity index (χ0n) is 14.7. The number of anilines is 1. The maximum Gasteiger partial charge on any atom is 0.313 e. The Hall–Kier alpha value is -2.25. The van der Waals surface area contributed by atoms with Crippen molar-refractivity contribution in [2.45, 2.75) is 25.8 Å². The van der Waals surface area contributed by atoms with Gasteiger partial charge in [0, 0.05) is 37.5 Å². The van der Waals surface area contributed by atoms with Crippen molar-refractivity contribution >= 4 is 23.3 Å². The van der Waals surface area contributed by atoms with Gasteiger partial charge in [0.15, 0.2) is 5.78 Å². The molecule has 1 heterocycles. The Balaban J connectivity index is 1.86. The lowest BCUT2D eigenvalue weighted by Crippen LogP contribution is -2.50. The van der Waals surface area contributed by atoms with Gasteiger partial charge in [0.2, 0.25) is 0 Å². The minimum absolute atomic E-state index is 0.0487. The molecule has 7 heteroatoms. The molecule has 0 bridgehead atoms. The van der Waals surface area contributed by atoms with Crippen molar-refractivity contribution in [1.82, 2.24) is 10.2 Å². The van der Waals surface area contributed by atoms with Crippen molar-refractivity contribution in [3.63, 3.8) is 0 Å². The number of nitrogens with zero attached hydrogens (tertiary/aromatic N) is 1. The third-order valence-corrected chi connectivity index (χ3v) is 4.19. The predicted molar refractivity (Wildman–Crippen MR) is 94.6 cm³/mol. The van der Waals surface area contributed by atoms with Gasteiger partial charge in [-0.25, -0.2) is 0 Å². The van der Waals surface area contributed by atoms with Crippen molar-refractivity contribution in [3.8, 4) is 0 Å². The highest BCUT2D eigenvalue weighted by Crippen LogP contribution is 2.12. The Labute approximate surface area is 147 Å². The number of hydrogen-bond acceptors (Lipinski definition) is 5. The lowest BCUT2D eigenvalue weighted by atomic mass is 10.1. The quantitative estimate of drug-likeness (QED) is 0.593. The molecular formula is C18H25N3O4. The highest BCUT2D eigenvalue weighted by atomic mass is 16.5. The van der Waals surface area contributed by atoms with E-state index < -0.39 is 11.8 Å². The van der Waals surface area contributed by atoms with E-state index in [1.54, 1.807) is 31.4 Å². The first-order chi connectivity index (χ1) is 12.0. The van der Waals surface area contributed by atoms with Crippen molar-refractivity contribution in [1.29, 1.82) is 0 Å². The van der Waals surface area contributed by atoms with Crippen LogP contribution in [0.5, 0.6) is 0 Å². The molecule has 1 aliphatic heterocycles. The van der Waals surface area contributed by atoms with Crippen LogP contribution in [0, 0.1) is 0 Å². The van der Waals surface area contributed by atoms with Crippen LogP contribution in [0.15, 0.2) is 24.3 Å². The number of carbonyl (C=O) groups excluding carboxylic acids is 3. The fraction of sp³-hybridized carbons (Fsp3) is 0.500. The summed E-state index contributed by atoms with van der Waals surface area (Å²) >= 11 is 0. The van der Waals surface area contributed by atoms with Gasteiger partial charge in [0.1, 0.15) is 0 Å². The second-order valence-electron chi connectivity index (χ2n) is 6.20. The first kappa shape index (κ1) is 19.1. The first-order valence-electron chi connectivity index (χ1n) is 8.43. The molecule has 1 saturated heterocycles. The molecule has 25 heavy (non-hydrogen) atoms. The zero-order valence-corrected chi connectivity index (χ0v) is 14.7. The van der Waals surface area contributed by atoms with Crippen LogP contribution in [0.3, 0.4) is 0 Å². The maximum absolute atomic E-state index is 12.1. The minimum atomic E-state index is -0.727. The van der Waals surface area contributed by atoms with E-state index in [9.17, 15) is 14.4 Å². The average Bonchev–Trinajstić information content (AvgIpc) is 2.60. The maximum atomic E-state index is 12.1. The van der Waals surface area contributed by atoms with Crippen LogP contribution in [0.4, 0.5) is 5.69 Å². The molecule has 2 rings (SSSR count). The van der Waals surface area contributed by atoms with Crippen LogP contribution >= 0.6 is 0 Å². The molecule has 7 nitrogen and oxygen atoms in total. The van der Waals surface area contributed by atoms with Crippen LogP contribution in [-0.4, -0.2) is 61.9 Å². The van der Waals surface area contributed by atoms with Crippen molar-refractivity contribution < 1.29 is 19.1 Å². The number of amides is 2. The van der Waals surface area contributed by atoms with Gasteiger partial charge in [-0.15, -0.1) is 0 Å². The Morgan fingerprint density at radius 2 is 2.08 bits per heavy atom. The number of rotatable bonds is 6. The Morgan fingerprint density at radius 1 is 1.28 bits per heavy atom. The number of methoxy groups -OCH3 is 1. The molecule has 1 fully saturated rings. The highest BCUT2D eigenvalue weighted by Gasteiger charge is 2.24. The SMILES string of the molecule is COCCN1CCC[C@@H](NC(=O)C(=O)Nc2cccc(C(C)=O)c2)C1. The standard InChI is InChI=1S/C18H25N3O4/c1-13(22)14-5-3-6-15(11-14)19-17(23)18(24)20-16-7-4-8-21(12-16)9-10-25-2/h3,5-6,11,16H,4,7-10,12H2,1-2H3,(H,19,23)(H,20,24)/t16-/m1/s1. The van der Waals surface area contributed by atoms with Gasteiger partial charge in [-0.1, -0.05) is 12.1 Å². The van der Waals surface area contributed by atoms with E-state index in [1.165, 1.54) is 6.92 Å². The van der Waals surface area contributed by atoms with E-state index >= 15 is 0 Å². The molecule has 0 saturated carbocycles. The van der Waals surface area contributed by atoms with Crippen LogP contribution in [0.1, 0.15) is 30.1 Å². The molecule has 0 aromatic heterocycles. The summed E-state index contributed by atoms with van der Waals surface area (Å²) in [6.07, 6.45) is 1.82. The monoisotopic (exact) mass is 347 g/mol. The van der Waals surface area contributed by atoms with E-state index in [4.69, 9.17) is 4.74 Å². The molecule has 0 spiro atoms. The van der Waals surface area contributed by atoms with Gasteiger partial charge < -0.3 is 15.4 Å². The molecule has 0 aliphatic carbocycles. The summed E-state index contributed by atoms with van der Waals surface area (Å²) in [7, 11) is 1.66. The number of Topliss-reactive ketones (excluding diaryl/α,β-unsaturated/α-hetero) is 1. The van der Waals surface area contributed by atoms with Crippen LogP contribution in [-0.2, 0) is 14.3 Å². The Kier molecular flexibility index (Phi) is 7.09. The molecule has 1 aliphatic rings. The fourth-order valence-electron chi connectivity index (χ4n) is 2.85. The number of ketones is 1. The lowest BCUT2D eigenvalue weighted by molar-refractivity contribution is -0.136. The van der Waals surface area contributed by atoms with E-state index in [1.807, 2.05) is 0 Å². The van der Waals surface area contributed by atoms with E-state index in [0.29, 0.717) is 24.4 Å². The van der Waals surface area contributed by atoms with Crippen LogP contribution in [0.25, 0.3) is 0 Å². The van der Waals surface area contributed by atoms with E-state index in [0.717, 1.165) is 25.9 Å². The van der Waals surface area contributed by atoms with Crippen molar-refractivity contribution in [2.24, 2.45) is 0 Å². The van der Waals surface area contributed by atoms with Crippen molar-refractivity contribution in [2.75, 3.05) is 38.7 Å². The van der Waals surface area contributed by atoms with Crippen molar-refractivity contribution in [3.05, 3.63) is 29.8 Å². The predicted octanol–water partition coefficient (Wildman–Crippen LogP) is 1.05. The largest absolute Gasteiger partial charge is 0.383 e. The average molecular weight is 347 g/mol. The molecule has 2 amide bonds. The normalized spacial score (nSPS) is 17.8. The smallest absolute Gasteiger partial charge is 0.313 e. The lowest BCUT2D eigenvalue weighted by Gasteiger charge is -2.32. The summed E-state index contributed by atoms with van der Waals surface area (Å²) in [5.41, 5.74) is 0.914. The molecule has 1 atom stereocenters. The van der Waals surface area contributed by atoms with Gasteiger partial charge >= 0.3 is 11.8 Å². The topological polar surface area (TPSA) is 87.7 Å². The second-order valence-corrected chi connectivity index (χ2v) is 6.20. The van der Waals surface area contributed by atoms with Crippen LogP contribution in [0.2, 0.25) is 0 Å². The molecule has 0 unspecified atom stereocenters. The number of ether oxygens (including phenoxy) is 1. The van der Waals surface area contributed by atoms with Gasteiger partial charge in [0.05, 0.1) is 6.61 Å². The third kappa shape index (κ3) is 5.95. The molecule has 2 N–H and O–H groups in total. The molecular weight excluding hydrogens is 322 g/mol. The van der Waals surface area contributed by atoms with Gasteiger partial charge in [-0.3, -0.25) is 19.3 Å². The van der Waals surface area contributed by atoms with Crippen LogP contribution < -0.4 is 10.6 Å². The third-order valence-electron chi connectivity index (χ3n) is 4.19. The number of hydrogen-bond donors (Lipinski definition) is 2. The van der Waals surface area contributed by atoms with Gasteiger partial charge in [-0.05, 0) is 38.4 Å². The molecule has 1 aromatic carbocycles. The fourth-order valence-corrected chi connectivity index (χ4v) is 2.85. The second kappa shape index (κ2) is 9.29. The molecule has 0 radical (unpaired) electrons. The number of likely N-dealkylation sites (tertiary alicyclic amines) is 1. The highest BCUT2D eigenvalue weighted by molar-refractivity contribution is 6.39. The number of nitrogens with one attached hydrogen (secondary N) is 2. The zero-order chi connectivity index (χ0) is 18.2. The molecule has 136 valence electrons. The number of benzene rings is 1. The first-order valence-corrected chi connectivity index (χ1v) is 8.43.